The summed E-state index contributed by atoms with van der Waals surface area (Å²) in [5, 5.41) is 0.709. The minimum absolute atomic E-state index is 0.125. The smallest absolute Gasteiger partial charge is 0.222 e. The molecule has 0 saturated heterocycles. The molecule has 0 aliphatic heterocycles. The van der Waals surface area contributed by atoms with Crippen molar-refractivity contribution in [1.82, 2.24) is 4.90 Å². The zero-order chi connectivity index (χ0) is 12.0. The van der Waals surface area contributed by atoms with Gasteiger partial charge in [0.1, 0.15) is 0 Å². The van der Waals surface area contributed by atoms with Crippen LogP contribution < -0.4 is 5.73 Å². The molecule has 0 atom stereocenters. The van der Waals surface area contributed by atoms with Crippen molar-refractivity contribution in [3.8, 4) is 0 Å². The SMILES string of the molecule is CN(Cc1ccc(Cl)cc1)C(=O)CCCN. The largest absolute Gasteiger partial charge is 0.341 e. The van der Waals surface area contributed by atoms with Crippen molar-refractivity contribution in [2.75, 3.05) is 13.6 Å². The van der Waals surface area contributed by atoms with E-state index in [4.69, 9.17) is 17.3 Å². The van der Waals surface area contributed by atoms with Crippen molar-refractivity contribution in [1.29, 1.82) is 0 Å². The van der Waals surface area contributed by atoms with E-state index in [1.54, 1.807) is 11.9 Å². The molecular weight excluding hydrogens is 224 g/mol. The van der Waals surface area contributed by atoms with Crippen LogP contribution in [-0.4, -0.2) is 24.4 Å². The quantitative estimate of drug-likeness (QED) is 0.856. The first kappa shape index (κ1) is 13.0. The van der Waals surface area contributed by atoms with Gasteiger partial charge in [-0.2, -0.15) is 0 Å². The van der Waals surface area contributed by atoms with Gasteiger partial charge in [-0.25, -0.2) is 0 Å². The summed E-state index contributed by atoms with van der Waals surface area (Å²) in [7, 11) is 1.80. The number of carbonyl (C=O) groups excluding carboxylic acids is 1. The summed E-state index contributed by atoms with van der Waals surface area (Å²) in [5.41, 5.74) is 6.44. The highest BCUT2D eigenvalue weighted by Crippen LogP contribution is 2.11. The summed E-state index contributed by atoms with van der Waals surface area (Å²) in [5.74, 6) is 0.125. The molecule has 16 heavy (non-hydrogen) atoms. The number of carbonyl (C=O) groups is 1. The van der Waals surface area contributed by atoms with E-state index in [-0.39, 0.29) is 5.91 Å². The molecule has 1 aromatic rings. The Morgan fingerprint density at radius 2 is 2.00 bits per heavy atom. The van der Waals surface area contributed by atoms with E-state index in [0.717, 1.165) is 12.0 Å². The highest BCUT2D eigenvalue weighted by atomic mass is 35.5. The molecule has 0 radical (unpaired) electrons. The highest BCUT2D eigenvalue weighted by molar-refractivity contribution is 6.30. The van der Waals surface area contributed by atoms with Gasteiger partial charge in [0, 0.05) is 25.0 Å². The lowest BCUT2D eigenvalue weighted by Crippen LogP contribution is -2.26. The average molecular weight is 241 g/mol. The Balaban J connectivity index is 2.47. The third-order valence-electron chi connectivity index (χ3n) is 2.35. The molecule has 3 nitrogen and oxygen atoms in total. The minimum atomic E-state index is 0.125. The van der Waals surface area contributed by atoms with E-state index in [1.807, 2.05) is 24.3 Å². The van der Waals surface area contributed by atoms with Crippen LogP contribution in [0.5, 0.6) is 0 Å². The fourth-order valence-electron chi connectivity index (χ4n) is 1.40. The first-order valence-corrected chi connectivity index (χ1v) is 5.69. The molecular formula is C12H17ClN2O. The van der Waals surface area contributed by atoms with E-state index < -0.39 is 0 Å². The second-order valence-electron chi connectivity index (χ2n) is 3.77. The van der Waals surface area contributed by atoms with Crippen molar-refractivity contribution in [3.63, 3.8) is 0 Å². The third kappa shape index (κ3) is 4.21. The topological polar surface area (TPSA) is 46.3 Å². The standard InChI is InChI=1S/C12H17ClN2O/c1-15(12(16)3-2-8-14)9-10-4-6-11(13)7-5-10/h4-7H,2-3,8-9,14H2,1H3. The molecule has 4 heteroatoms. The average Bonchev–Trinajstić information content (AvgIpc) is 2.29. The van der Waals surface area contributed by atoms with Gasteiger partial charge < -0.3 is 10.6 Å². The van der Waals surface area contributed by atoms with Gasteiger partial charge in [-0.3, -0.25) is 4.79 Å². The lowest BCUT2D eigenvalue weighted by Gasteiger charge is -2.17. The molecule has 0 unspecified atom stereocenters. The molecule has 1 aromatic carbocycles. The van der Waals surface area contributed by atoms with E-state index in [0.29, 0.717) is 24.5 Å². The molecule has 0 saturated carbocycles. The van der Waals surface area contributed by atoms with Gasteiger partial charge in [0.05, 0.1) is 0 Å². The fraction of sp³-hybridized carbons (Fsp3) is 0.417. The van der Waals surface area contributed by atoms with Crippen molar-refractivity contribution in [3.05, 3.63) is 34.9 Å². The summed E-state index contributed by atoms with van der Waals surface area (Å²) in [6, 6.07) is 7.51. The summed E-state index contributed by atoms with van der Waals surface area (Å²) in [4.78, 5) is 13.3. The summed E-state index contributed by atoms with van der Waals surface area (Å²) < 4.78 is 0. The first-order chi connectivity index (χ1) is 7.63. The maximum absolute atomic E-state index is 11.6. The van der Waals surface area contributed by atoms with Crippen LogP contribution in [0.4, 0.5) is 0 Å². The van der Waals surface area contributed by atoms with E-state index >= 15 is 0 Å². The number of nitrogens with two attached hydrogens (primary N) is 1. The maximum Gasteiger partial charge on any atom is 0.222 e. The van der Waals surface area contributed by atoms with E-state index in [9.17, 15) is 4.79 Å². The van der Waals surface area contributed by atoms with Crippen LogP contribution in [0.2, 0.25) is 5.02 Å². The Kier molecular flexibility index (Phi) is 5.29. The molecule has 0 bridgehead atoms. The van der Waals surface area contributed by atoms with Crippen LogP contribution in [0.3, 0.4) is 0 Å². The monoisotopic (exact) mass is 240 g/mol. The maximum atomic E-state index is 11.6. The van der Waals surface area contributed by atoms with Gasteiger partial charge in [-0.05, 0) is 30.7 Å². The predicted octanol–water partition coefficient (Wildman–Crippen LogP) is 2.04. The molecule has 0 aliphatic carbocycles. The number of rotatable bonds is 5. The fourth-order valence-corrected chi connectivity index (χ4v) is 1.52. The zero-order valence-corrected chi connectivity index (χ0v) is 10.2. The number of amides is 1. The van der Waals surface area contributed by atoms with Crippen LogP contribution in [0, 0.1) is 0 Å². The van der Waals surface area contributed by atoms with Gasteiger partial charge >= 0.3 is 0 Å². The predicted molar refractivity (Wildman–Crippen MR) is 66.2 cm³/mol. The molecule has 0 fully saturated rings. The Labute approximate surface area is 101 Å². The van der Waals surface area contributed by atoms with Crippen LogP contribution in [0.1, 0.15) is 18.4 Å². The van der Waals surface area contributed by atoms with Crippen LogP contribution in [0.25, 0.3) is 0 Å². The molecule has 0 aromatic heterocycles. The lowest BCUT2D eigenvalue weighted by atomic mass is 10.2. The second-order valence-corrected chi connectivity index (χ2v) is 4.20. The number of halogens is 1. The highest BCUT2D eigenvalue weighted by Gasteiger charge is 2.08. The Morgan fingerprint density at radius 1 is 1.38 bits per heavy atom. The lowest BCUT2D eigenvalue weighted by molar-refractivity contribution is -0.130. The van der Waals surface area contributed by atoms with Crippen molar-refractivity contribution in [2.24, 2.45) is 5.73 Å². The summed E-state index contributed by atoms with van der Waals surface area (Å²) in [6.07, 6.45) is 1.25. The number of benzene rings is 1. The number of hydrogen-bond donors (Lipinski definition) is 1. The van der Waals surface area contributed by atoms with Gasteiger partial charge in [0.2, 0.25) is 5.91 Å². The number of hydrogen-bond acceptors (Lipinski definition) is 2. The van der Waals surface area contributed by atoms with Crippen molar-refractivity contribution in [2.45, 2.75) is 19.4 Å². The van der Waals surface area contributed by atoms with Gasteiger partial charge in [0.25, 0.3) is 0 Å². The normalized spacial score (nSPS) is 10.2. The van der Waals surface area contributed by atoms with Gasteiger partial charge in [-0.1, -0.05) is 23.7 Å². The zero-order valence-electron chi connectivity index (χ0n) is 9.45. The van der Waals surface area contributed by atoms with Crippen molar-refractivity contribution >= 4 is 17.5 Å². The molecule has 88 valence electrons. The molecule has 0 spiro atoms. The molecule has 1 amide bonds. The molecule has 1 rings (SSSR count). The Morgan fingerprint density at radius 3 is 2.56 bits per heavy atom. The van der Waals surface area contributed by atoms with E-state index in [2.05, 4.69) is 0 Å². The third-order valence-corrected chi connectivity index (χ3v) is 2.61. The Hall–Kier alpha value is -1.06. The Bertz CT molecular complexity index is 337. The van der Waals surface area contributed by atoms with E-state index in [1.165, 1.54) is 0 Å². The van der Waals surface area contributed by atoms with Crippen LogP contribution in [0.15, 0.2) is 24.3 Å². The molecule has 2 N–H and O–H groups in total. The van der Waals surface area contributed by atoms with Gasteiger partial charge in [-0.15, -0.1) is 0 Å². The van der Waals surface area contributed by atoms with Gasteiger partial charge in [0.15, 0.2) is 0 Å². The number of nitrogens with zero attached hydrogens (tertiary/aromatic N) is 1. The summed E-state index contributed by atoms with van der Waals surface area (Å²) >= 11 is 5.78. The van der Waals surface area contributed by atoms with Crippen LogP contribution >= 0.6 is 11.6 Å². The first-order valence-electron chi connectivity index (χ1n) is 5.32. The second kappa shape index (κ2) is 6.51. The summed E-state index contributed by atoms with van der Waals surface area (Å²) in [6.45, 7) is 1.17. The van der Waals surface area contributed by atoms with Crippen LogP contribution in [-0.2, 0) is 11.3 Å². The molecule has 0 aliphatic rings. The molecule has 0 heterocycles. The minimum Gasteiger partial charge on any atom is -0.341 e. The van der Waals surface area contributed by atoms with Crippen molar-refractivity contribution < 1.29 is 4.79 Å².